The summed E-state index contributed by atoms with van der Waals surface area (Å²) in [5.41, 5.74) is 3.71. The number of unbranched alkanes of at least 4 members (excludes halogenated alkanes) is 12. The van der Waals surface area contributed by atoms with Crippen molar-refractivity contribution in [2.24, 2.45) is 0 Å². The van der Waals surface area contributed by atoms with Gasteiger partial charge in [-0.1, -0.05) is 97.8 Å². The molecule has 0 fully saturated rings. The largest absolute Gasteiger partial charge is 0.255 e. The minimum Gasteiger partial charge on any atom is -0.255 e. The molecule has 1 N–H and O–H groups in total. The minimum atomic E-state index is 1.17. The van der Waals surface area contributed by atoms with Crippen LogP contribution in [0, 0.1) is 0 Å². The predicted octanol–water partition coefficient (Wildman–Crippen LogP) is 6.70. The SMILES string of the molecule is CCCCCCCNN(CCCCCCC)CCCCCCC. The first kappa shape index (κ1) is 22.9. The summed E-state index contributed by atoms with van der Waals surface area (Å²) in [5.74, 6) is 0. The molecule has 0 aromatic carbocycles. The molecule has 0 rings (SSSR count). The Labute approximate surface area is 147 Å². The van der Waals surface area contributed by atoms with E-state index >= 15 is 0 Å². The highest BCUT2D eigenvalue weighted by molar-refractivity contribution is 4.56. The molecule has 0 heterocycles. The highest BCUT2D eigenvalue weighted by Gasteiger charge is 2.04. The second-order valence-corrected chi connectivity index (χ2v) is 7.14. The Morgan fingerprint density at radius 1 is 0.478 bits per heavy atom. The van der Waals surface area contributed by atoms with Gasteiger partial charge in [0.25, 0.3) is 0 Å². The maximum absolute atomic E-state index is 3.71. The number of nitrogens with zero attached hydrogens (tertiary/aromatic N) is 1. The molecule has 0 atom stereocenters. The van der Waals surface area contributed by atoms with Gasteiger partial charge in [-0.3, -0.25) is 5.43 Å². The third-order valence-corrected chi connectivity index (χ3v) is 4.68. The molecule has 0 saturated heterocycles. The van der Waals surface area contributed by atoms with Crippen molar-refractivity contribution in [1.82, 2.24) is 10.4 Å². The van der Waals surface area contributed by atoms with E-state index in [1.165, 1.54) is 116 Å². The van der Waals surface area contributed by atoms with Gasteiger partial charge >= 0.3 is 0 Å². The number of nitrogens with one attached hydrogen (secondary N) is 1. The molecule has 0 amide bonds. The van der Waals surface area contributed by atoms with Crippen LogP contribution in [0.1, 0.15) is 117 Å². The third kappa shape index (κ3) is 18.1. The highest BCUT2D eigenvalue weighted by Crippen LogP contribution is 2.07. The molecule has 0 saturated carbocycles. The summed E-state index contributed by atoms with van der Waals surface area (Å²) >= 11 is 0. The second kappa shape index (κ2) is 20.0. The summed E-state index contributed by atoms with van der Waals surface area (Å²) in [6.45, 7) is 10.5. The number of hydrogen-bond donors (Lipinski definition) is 1. The van der Waals surface area contributed by atoms with E-state index in [1.54, 1.807) is 0 Å². The van der Waals surface area contributed by atoms with Gasteiger partial charge in [0.1, 0.15) is 0 Å². The second-order valence-electron chi connectivity index (χ2n) is 7.14. The Morgan fingerprint density at radius 2 is 0.870 bits per heavy atom. The maximum atomic E-state index is 3.71. The predicted molar refractivity (Wildman–Crippen MR) is 106 cm³/mol. The lowest BCUT2D eigenvalue weighted by Crippen LogP contribution is -2.40. The van der Waals surface area contributed by atoms with E-state index < -0.39 is 0 Å². The van der Waals surface area contributed by atoms with E-state index in [0.29, 0.717) is 0 Å². The van der Waals surface area contributed by atoms with E-state index in [0.717, 1.165) is 0 Å². The summed E-state index contributed by atoms with van der Waals surface area (Å²) in [5, 5.41) is 2.53. The number of rotatable bonds is 19. The van der Waals surface area contributed by atoms with Crippen molar-refractivity contribution >= 4 is 0 Å². The maximum Gasteiger partial charge on any atom is 0.0130 e. The van der Waals surface area contributed by atoms with Crippen LogP contribution in [0.3, 0.4) is 0 Å². The molecule has 0 aromatic heterocycles. The average molecular weight is 327 g/mol. The molecule has 0 aliphatic carbocycles. The van der Waals surface area contributed by atoms with Crippen LogP contribution in [-0.2, 0) is 0 Å². The van der Waals surface area contributed by atoms with Crippen LogP contribution in [-0.4, -0.2) is 24.6 Å². The van der Waals surface area contributed by atoms with Crippen LogP contribution in [0.25, 0.3) is 0 Å². The van der Waals surface area contributed by atoms with E-state index in [-0.39, 0.29) is 0 Å². The smallest absolute Gasteiger partial charge is 0.0130 e. The molecule has 0 aromatic rings. The quantitative estimate of drug-likeness (QED) is 0.210. The van der Waals surface area contributed by atoms with Crippen LogP contribution in [0.15, 0.2) is 0 Å². The van der Waals surface area contributed by atoms with E-state index in [1.807, 2.05) is 0 Å². The lowest BCUT2D eigenvalue weighted by atomic mass is 10.1. The molecule has 2 heteroatoms. The Balaban J connectivity index is 3.73. The van der Waals surface area contributed by atoms with Gasteiger partial charge in [0.15, 0.2) is 0 Å². The Morgan fingerprint density at radius 3 is 1.30 bits per heavy atom. The fourth-order valence-electron chi connectivity index (χ4n) is 3.05. The van der Waals surface area contributed by atoms with Gasteiger partial charge in [0.05, 0.1) is 0 Å². The fourth-order valence-corrected chi connectivity index (χ4v) is 3.05. The highest BCUT2D eigenvalue weighted by atomic mass is 15.5. The van der Waals surface area contributed by atoms with E-state index in [9.17, 15) is 0 Å². The summed E-state index contributed by atoms with van der Waals surface area (Å²) in [4.78, 5) is 0. The molecule has 0 bridgehead atoms. The van der Waals surface area contributed by atoms with Gasteiger partial charge in [-0.2, -0.15) is 0 Å². The molecule has 140 valence electrons. The lowest BCUT2D eigenvalue weighted by molar-refractivity contribution is 0.177. The van der Waals surface area contributed by atoms with Gasteiger partial charge in [0.2, 0.25) is 0 Å². The third-order valence-electron chi connectivity index (χ3n) is 4.68. The van der Waals surface area contributed by atoms with E-state index in [2.05, 4.69) is 31.2 Å². The van der Waals surface area contributed by atoms with Gasteiger partial charge < -0.3 is 0 Å². The molecule has 0 spiro atoms. The fraction of sp³-hybridized carbons (Fsp3) is 1.00. The molecular formula is C21H46N2. The topological polar surface area (TPSA) is 15.3 Å². The van der Waals surface area contributed by atoms with Crippen molar-refractivity contribution in [3.05, 3.63) is 0 Å². The van der Waals surface area contributed by atoms with Crippen molar-refractivity contribution in [1.29, 1.82) is 0 Å². The van der Waals surface area contributed by atoms with Crippen molar-refractivity contribution in [2.75, 3.05) is 19.6 Å². The van der Waals surface area contributed by atoms with Crippen LogP contribution in [0.5, 0.6) is 0 Å². The Bertz CT molecular complexity index is 192. The molecule has 0 aliphatic rings. The van der Waals surface area contributed by atoms with Gasteiger partial charge in [-0.15, -0.1) is 0 Å². The first-order valence-corrected chi connectivity index (χ1v) is 10.8. The number of hydrogen-bond acceptors (Lipinski definition) is 2. The van der Waals surface area contributed by atoms with Gasteiger partial charge in [-0.05, 0) is 19.3 Å². The molecular weight excluding hydrogens is 280 g/mol. The van der Waals surface area contributed by atoms with Crippen LogP contribution in [0.4, 0.5) is 0 Å². The van der Waals surface area contributed by atoms with Crippen molar-refractivity contribution in [3.8, 4) is 0 Å². The monoisotopic (exact) mass is 326 g/mol. The zero-order valence-corrected chi connectivity index (χ0v) is 16.7. The molecule has 0 unspecified atom stereocenters. The number of hydrazine groups is 1. The standard InChI is InChI=1S/C21H46N2/c1-4-7-10-13-16-19-22-23(20-17-14-11-8-5-2)21-18-15-12-9-6-3/h22H,4-21H2,1-3H3. The van der Waals surface area contributed by atoms with Gasteiger partial charge in [0, 0.05) is 19.6 Å². The Kier molecular flexibility index (Phi) is 19.9. The first-order valence-electron chi connectivity index (χ1n) is 10.8. The summed E-state index contributed by atoms with van der Waals surface area (Å²) in [6.07, 6.45) is 20.7. The molecule has 0 radical (unpaired) electrons. The zero-order valence-electron chi connectivity index (χ0n) is 16.7. The minimum absolute atomic E-state index is 1.17. The average Bonchev–Trinajstić information content (AvgIpc) is 2.56. The van der Waals surface area contributed by atoms with Crippen LogP contribution >= 0.6 is 0 Å². The van der Waals surface area contributed by atoms with Crippen LogP contribution in [0.2, 0.25) is 0 Å². The normalized spacial score (nSPS) is 11.5. The van der Waals surface area contributed by atoms with Gasteiger partial charge in [-0.25, -0.2) is 5.01 Å². The lowest BCUT2D eigenvalue weighted by Gasteiger charge is -2.23. The summed E-state index contributed by atoms with van der Waals surface area (Å²) in [7, 11) is 0. The first-order chi connectivity index (χ1) is 11.3. The van der Waals surface area contributed by atoms with E-state index in [4.69, 9.17) is 0 Å². The Hall–Kier alpha value is -0.0800. The zero-order chi connectivity index (χ0) is 17.0. The van der Waals surface area contributed by atoms with Crippen LogP contribution < -0.4 is 5.43 Å². The van der Waals surface area contributed by atoms with Crippen molar-refractivity contribution in [3.63, 3.8) is 0 Å². The molecule has 0 aliphatic heterocycles. The summed E-state index contributed by atoms with van der Waals surface area (Å²) in [6, 6.07) is 0. The summed E-state index contributed by atoms with van der Waals surface area (Å²) < 4.78 is 0. The molecule has 2 nitrogen and oxygen atoms in total. The van der Waals surface area contributed by atoms with Crippen molar-refractivity contribution in [2.45, 2.75) is 117 Å². The van der Waals surface area contributed by atoms with Crippen molar-refractivity contribution < 1.29 is 0 Å². The molecule has 23 heavy (non-hydrogen) atoms.